The number of aromatic nitrogens is 7. The molecule has 0 unspecified atom stereocenters. The molecule has 3 aromatic carbocycles. The number of H-pyrrole nitrogens is 1. The van der Waals surface area contributed by atoms with Gasteiger partial charge in [-0.15, -0.1) is 32.9 Å². The number of carbonyl (C=O) groups excluding carboxylic acids is 2. The zero-order chi connectivity index (χ0) is 48.3. The van der Waals surface area contributed by atoms with E-state index in [1.165, 1.54) is 38.1 Å². The molecule has 2 aliphatic heterocycles. The molecule has 2 amide bonds. The van der Waals surface area contributed by atoms with Crippen LogP contribution < -0.4 is 10.6 Å². The number of benzene rings is 3. The van der Waals surface area contributed by atoms with Gasteiger partial charge < -0.3 is 25.8 Å². The second-order valence-corrected chi connectivity index (χ2v) is 23.3. The number of para-hydroxylation sites is 2. The molecule has 10 rings (SSSR count). The van der Waals surface area contributed by atoms with Crippen LogP contribution >= 0.6 is 34.9 Å². The van der Waals surface area contributed by atoms with Gasteiger partial charge in [-0.2, -0.15) is 8.61 Å². The molecule has 19 nitrogen and oxygen atoms in total. The summed E-state index contributed by atoms with van der Waals surface area (Å²) < 4.78 is 60.5. The number of nitrogens with zero attached hydrogens (tertiary/aromatic N) is 8. The molecule has 0 radical (unpaired) electrons. The smallest absolute Gasteiger partial charge is 0.254 e. The minimum atomic E-state index is -3.64. The minimum Gasteiger partial charge on any atom is -0.504 e. The maximum absolute atomic E-state index is 13.2. The molecule has 7 heterocycles. The number of hydrogen-bond acceptors (Lipinski definition) is 15. The number of pyridine rings is 1. The highest BCUT2D eigenvalue weighted by molar-refractivity contribution is 7.91. The quantitative estimate of drug-likeness (QED) is 0.0661. The van der Waals surface area contributed by atoms with Crippen LogP contribution in [0.5, 0.6) is 11.5 Å². The number of rotatable bonds is 12. The van der Waals surface area contributed by atoms with E-state index < -0.39 is 26.0 Å². The van der Waals surface area contributed by atoms with Gasteiger partial charge in [0.25, 0.3) is 31.9 Å². The van der Waals surface area contributed by atoms with Crippen LogP contribution in [-0.2, 0) is 33.1 Å². The predicted molar refractivity (Wildman–Crippen MR) is 261 cm³/mol. The van der Waals surface area contributed by atoms with E-state index in [0.29, 0.717) is 66.9 Å². The molecule has 69 heavy (non-hydrogen) atoms. The SMILES string of the molecule is O=C(NCc1ccc(S(=O)(=O)N2CCC(n3nnc4ccccc43)CC2)s1)c1ccc(O)c(O)c1.O=C(NCc1ccc(S(=O)(=O)N2CCC(n3nnc4ccccc43)CC2)s1)c1ccc[nH]c1=S. The first kappa shape index (κ1) is 47.6. The predicted octanol–water partition coefficient (Wildman–Crippen LogP) is 6.37. The molecule has 358 valence electrons. The number of piperidine rings is 2. The first-order valence-electron chi connectivity index (χ1n) is 21.8. The summed E-state index contributed by atoms with van der Waals surface area (Å²) in [6, 6.07) is 29.4. The standard InChI is InChI=1S/C23H23N5O5S2.C22H22N6O3S3/c29-20-7-5-15(13-21(20)30)23(31)24-14-17-6-8-22(34-17)35(32,33)27-11-9-16(10-12-27)28-19-4-2-1-3-18(19)25-26-28;29-21(17-4-3-11-23-22(17)32)24-14-16-7-8-20(33-16)34(30,31)27-12-9-15(10-13-27)28-19-6-2-1-5-18(19)25-26-28/h1-8,13,16,29-30H,9-12,14H2,(H,24,31);1-8,11,15H,9-10,12-14H2,(H,23,32)(H,24,29). The Balaban J connectivity index is 0.000000172. The van der Waals surface area contributed by atoms with Gasteiger partial charge in [0.1, 0.15) is 24.1 Å². The van der Waals surface area contributed by atoms with Gasteiger partial charge in [-0.25, -0.2) is 26.2 Å². The molecule has 0 bridgehead atoms. The third kappa shape index (κ3) is 10.3. The normalized spacial score (nSPS) is 15.5. The third-order valence-electron chi connectivity index (χ3n) is 11.9. The van der Waals surface area contributed by atoms with E-state index >= 15 is 0 Å². The molecule has 5 aromatic heterocycles. The van der Waals surface area contributed by atoms with E-state index in [1.54, 1.807) is 42.6 Å². The fourth-order valence-electron chi connectivity index (χ4n) is 8.20. The van der Waals surface area contributed by atoms with Crippen molar-refractivity contribution in [3.63, 3.8) is 0 Å². The van der Waals surface area contributed by atoms with Gasteiger partial charge in [0, 0.05) is 47.7 Å². The summed E-state index contributed by atoms with van der Waals surface area (Å²) in [5.41, 5.74) is 4.14. The monoisotopic (exact) mass is 1030 g/mol. The third-order valence-corrected chi connectivity index (χ3v) is 19.1. The van der Waals surface area contributed by atoms with E-state index in [2.05, 4.69) is 36.2 Å². The number of phenols is 2. The van der Waals surface area contributed by atoms with Crippen LogP contribution in [0, 0.1) is 4.64 Å². The van der Waals surface area contributed by atoms with Crippen LogP contribution in [0.25, 0.3) is 22.1 Å². The highest BCUT2D eigenvalue weighted by Gasteiger charge is 2.33. The first-order chi connectivity index (χ1) is 33.3. The lowest BCUT2D eigenvalue weighted by Gasteiger charge is -2.30. The number of aromatic hydroxyl groups is 2. The average molecular weight is 1030 g/mol. The minimum absolute atomic E-state index is 0.0855. The number of phenolic OH excluding ortho intramolecular Hbond substituents is 2. The molecular weight excluding hydrogens is 983 g/mol. The van der Waals surface area contributed by atoms with Crippen molar-refractivity contribution in [2.45, 2.75) is 59.3 Å². The summed E-state index contributed by atoms with van der Waals surface area (Å²) in [7, 11) is -7.25. The lowest BCUT2D eigenvalue weighted by Crippen LogP contribution is -2.38. The average Bonchev–Trinajstić information content (AvgIpc) is 4.21. The van der Waals surface area contributed by atoms with Crippen LogP contribution in [-0.4, -0.2) is 109 Å². The second-order valence-electron chi connectivity index (χ2n) is 16.2. The van der Waals surface area contributed by atoms with Crippen LogP contribution in [0.4, 0.5) is 0 Å². The zero-order valence-electron chi connectivity index (χ0n) is 36.6. The summed E-state index contributed by atoms with van der Waals surface area (Å²) in [6.45, 7) is 1.96. The van der Waals surface area contributed by atoms with Crippen molar-refractivity contribution in [2.75, 3.05) is 26.2 Å². The highest BCUT2D eigenvalue weighted by atomic mass is 32.3. The number of carbonyl (C=O) groups is 2. The van der Waals surface area contributed by atoms with Crippen molar-refractivity contribution < 1.29 is 36.6 Å². The molecule has 0 saturated carbocycles. The van der Waals surface area contributed by atoms with Gasteiger partial charge in [-0.3, -0.25) is 9.59 Å². The van der Waals surface area contributed by atoms with E-state index in [-0.39, 0.29) is 56.6 Å². The molecule has 0 spiro atoms. The van der Waals surface area contributed by atoms with E-state index in [0.717, 1.165) is 38.3 Å². The Morgan fingerprint density at radius 1 is 0.638 bits per heavy atom. The van der Waals surface area contributed by atoms with Gasteiger partial charge in [-0.05, 0) is 105 Å². The summed E-state index contributed by atoms with van der Waals surface area (Å²) in [4.78, 5) is 28.9. The Hall–Kier alpha value is -6.41. The molecule has 24 heteroatoms. The Kier molecular flexibility index (Phi) is 14.0. The summed E-state index contributed by atoms with van der Waals surface area (Å²) in [5.74, 6) is -1.44. The number of nitrogens with one attached hydrogen (secondary N) is 3. The Morgan fingerprint density at radius 2 is 1.13 bits per heavy atom. The molecule has 0 aliphatic carbocycles. The van der Waals surface area contributed by atoms with Gasteiger partial charge in [0.15, 0.2) is 11.5 Å². The van der Waals surface area contributed by atoms with E-state index in [9.17, 15) is 36.6 Å². The van der Waals surface area contributed by atoms with Gasteiger partial charge in [-0.1, -0.05) is 46.9 Å². The molecule has 5 N–H and O–H groups in total. The van der Waals surface area contributed by atoms with Gasteiger partial charge in [0.2, 0.25) is 0 Å². The Morgan fingerprint density at radius 3 is 1.62 bits per heavy atom. The van der Waals surface area contributed by atoms with Crippen LogP contribution in [0.1, 0.15) is 68.2 Å². The molecule has 2 aliphatic rings. The van der Waals surface area contributed by atoms with Gasteiger partial charge in [0.05, 0.1) is 41.8 Å². The van der Waals surface area contributed by atoms with Crippen molar-refractivity contribution >= 4 is 88.8 Å². The topological polar surface area (TPSA) is 251 Å². The fraction of sp³-hybridized carbons (Fsp3) is 0.267. The number of aromatic amines is 1. The van der Waals surface area contributed by atoms with Crippen LogP contribution in [0.2, 0.25) is 0 Å². The maximum Gasteiger partial charge on any atom is 0.254 e. The number of thiophene rings is 2. The molecule has 8 aromatic rings. The van der Waals surface area contributed by atoms with Crippen molar-refractivity contribution in [1.82, 2.24) is 54.2 Å². The molecule has 2 fully saturated rings. The van der Waals surface area contributed by atoms with Crippen LogP contribution in [0.3, 0.4) is 0 Å². The number of sulfonamides is 2. The Bertz CT molecular complexity index is 3440. The fourth-order valence-corrected chi connectivity index (χ4v) is 14.3. The van der Waals surface area contributed by atoms with E-state index in [1.807, 2.05) is 57.9 Å². The number of amides is 2. The maximum atomic E-state index is 13.2. The molecule has 0 atom stereocenters. The lowest BCUT2D eigenvalue weighted by molar-refractivity contribution is 0.0942. The van der Waals surface area contributed by atoms with Crippen molar-refractivity contribution in [3.05, 3.63) is 135 Å². The second kappa shape index (κ2) is 20.3. The Labute approximate surface area is 409 Å². The summed E-state index contributed by atoms with van der Waals surface area (Å²) >= 11 is 7.42. The number of hydrogen-bond donors (Lipinski definition) is 5. The van der Waals surface area contributed by atoms with Gasteiger partial charge >= 0.3 is 0 Å². The van der Waals surface area contributed by atoms with Crippen LogP contribution in [0.15, 0.2) is 118 Å². The highest BCUT2D eigenvalue weighted by Crippen LogP contribution is 2.33. The first-order valence-corrected chi connectivity index (χ1v) is 26.7. The summed E-state index contributed by atoms with van der Waals surface area (Å²) in [6.07, 6.45) is 4.27. The largest absolute Gasteiger partial charge is 0.504 e. The van der Waals surface area contributed by atoms with Crippen molar-refractivity contribution in [2.24, 2.45) is 0 Å². The summed E-state index contributed by atoms with van der Waals surface area (Å²) in [5, 5.41) is 41.4. The number of fused-ring (bicyclic) bond motifs is 2. The molecule has 2 saturated heterocycles. The van der Waals surface area contributed by atoms with Crippen molar-refractivity contribution in [1.29, 1.82) is 0 Å². The molecular formula is C45H45N11O8S5. The van der Waals surface area contributed by atoms with Crippen molar-refractivity contribution in [3.8, 4) is 11.5 Å². The zero-order valence-corrected chi connectivity index (χ0v) is 40.7. The lowest BCUT2D eigenvalue weighted by atomic mass is 10.1. The van der Waals surface area contributed by atoms with E-state index in [4.69, 9.17) is 12.2 Å².